The number of carbonyl (C=O) groups is 1. The highest BCUT2D eigenvalue weighted by atomic mass is 35.5. The van der Waals surface area contributed by atoms with Gasteiger partial charge in [0.15, 0.2) is 0 Å². The summed E-state index contributed by atoms with van der Waals surface area (Å²) in [6.07, 6.45) is -0.0960. The molecule has 2 atom stereocenters. The second kappa shape index (κ2) is 5.67. The van der Waals surface area contributed by atoms with Crippen LogP contribution >= 0.6 is 23.2 Å². The first-order chi connectivity index (χ1) is 8.90. The number of likely N-dealkylation sites (N-methyl/N-ethyl adjacent to an activating group) is 1. The van der Waals surface area contributed by atoms with Crippen molar-refractivity contribution in [3.63, 3.8) is 0 Å². The SMILES string of the molecule is CN(CCC(=O)O)[C@@H]1c2cc(Cl)cc(Cl)c2C[C@@H]1O. The highest BCUT2D eigenvalue weighted by Crippen LogP contribution is 2.40. The maximum atomic E-state index is 10.6. The minimum Gasteiger partial charge on any atom is -0.481 e. The third kappa shape index (κ3) is 3.03. The van der Waals surface area contributed by atoms with Crippen LogP contribution in [0.25, 0.3) is 0 Å². The van der Waals surface area contributed by atoms with Gasteiger partial charge in [0.25, 0.3) is 0 Å². The fourth-order valence-corrected chi connectivity index (χ4v) is 3.16. The lowest BCUT2D eigenvalue weighted by Gasteiger charge is -2.27. The molecular formula is C13H15Cl2NO3. The topological polar surface area (TPSA) is 60.8 Å². The van der Waals surface area contributed by atoms with Crippen molar-refractivity contribution in [2.45, 2.75) is 25.0 Å². The van der Waals surface area contributed by atoms with Gasteiger partial charge in [-0.05, 0) is 30.3 Å². The number of aliphatic hydroxyl groups excluding tert-OH is 1. The van der Waals surface area contributed by atoms with Crippen molar-refractivity contribution in [3.05, 3.63) is 33.3 Å². The third-order valence-corrected chi connectivity index (χ3v) is 4.00. The van der Waals surface area contributed by atoms with E-state index in [2.05, 4.69) is 0 Å². The summed E-state index contributed by atoms with van der Waals surface area (Å²) in [7, 11) is 1.79. The molecule has 0 amide bonds. The molecule has 0 fully saturated rings. The molecule has 4 nitrogen and oxygen atoms in total. The van der Waals surface area contributed by atoms with Crippen molar-refractivity contribution in [1.82, 2.24) is 4.90 Å². The number of fused-ring (bicyclic) bond motifs is 1. The van der Waals surface area contributed by atoms with Crippen molar-refractivity contribution in [2.75, 3.05) is 13.6 Å². The zero-order valence-electron chi connectivity index (χ0n) is 10.4. The van der Waals surface area contributed by atoms with E-state index in [0.29, 0.717) is 23.0 Å². The minimum absolute atomic E-state index is 0.0311. The molecule has 0 aromatic heterocycles. The van der Waals surface area contributed by atoms with Gasteiger partial charge in [-0.15, -0.1) is 0 Å². The van der Waals surface area contributed by atoms with Crippen LogP contribution in [0.4, 0.5) is 0 Å². The largest absolute Gasteiger partial charge is 0.481 e. The molecule has 0 bridgehead atoms. The summed E-state index contributed by atoms with van der Waals surface area (Å²) in [6.45, 7) is 0.362. The Balaban J connectivity index is 2.26. The molecule has 1 aliphatic rings. The summed E-state index contributed by atoms with van der Waals surface area (Å²) >= 11 is 12.1. The first-order valence-corrected chi connectivity index (χ1v) is 6.73. The van der Waals surface area contributed by atoms with Crippen LogP contribution in [0.3, 0.4) is 0 Å². The number of carboxylic acid groups (broad SMARTS) is 1. The predicted octanol–water partition coefficient (Wildman–Crippen LogP) is 2.36. The number of rotatable bonds is 4. The number of hydrogen-bond acceptors (Lipinski definition) is 3. The van der Waals surface area contributed by atoms with Gasteiger partial charge in [0.1, 0.15) is 0 Å². The van der Waals surface area contributed by atoms with Crippen molar-refractivity contribution < 1.29 is 15.0 Å². The maximum absolute atomic E-state index is 10.6. The maximum Gasteiger partial charge on any atom is 0.304 e. The van der Waals surface area contributed by atoms with E-state index in [1.54, 1.807) is 19.2 Å². The van der Waals surface area contributed by atoms with Gasteiger partial charge in [-0.3, -0.25) is 9.69 Å². The normalized spacial score (nSPS) is 21.7. The minimum atomic E-state index is -0.858. The number of aliphatic hydroxyl groups is 1. The number of nitrogens with zero attached hydrogens (tertiary/aromatic N) is 1. The summed E-state index contributed by atoms with van der Waals surface area (Å²) in [5, 5.41) is 20.0. The fraction of sp³-hybridized carbons (Fsp3) is 0.462. The number of hydrogen-bond donors (Lipinski definition) is 2. The predicted molar refractivity (Wildman–Crippen MR) is 73.8 cm³/mol. The average Bonchev–Trinajstić information content (AvgIpc) is 2.63. The summed E-state index contributed by atoms with van der Waals surface area (Å²) < 4.78 is 0. The molecule has 0 heterocycles. The van der Waals surface area contributed by atoms with Crippen LogP contribution in [0.1, 0.15) is 23.6 Å². The first kappa shape index (κ1) is 14.6. The summed E-state index contributed by atoms with van der Waals surface area (Å²) in [4.78, 5) is 12.5. The molecule has 0 saturated heterocycles. The Hall–Kier alpha value is -0.810. The van der Waals surface area contributed by atoms with Gasteiger partial charge in [-0.25, -0.2) is 0 Å². The Kier molecular flexibility index (Phi) is 4.36. The average molecular weight is 304 g/mol. The van der Waals surface area contributed by atoms with Gasteiger partial charge in [-0.1, -0.05) is 23.2 Å². The quantitative estimate of drug-likeness (QED) is 0.896. The lowest BCUT2D eigenvalue weighted by atomic mass is 10.1. The van der Waals surface area contributed by atoms with Gasteiger partial charge in [0.05, 0.1) is 18.6 Å². The van der Waals surface area contributed by atoms with E-state index in [1.807, 2.05) is 4.90 Å². The Morgan fingerprint density at radius 2 is 2.16 bits per heavy atom. The van der Waals surface area contributed by atoms with Crippen molar-refractivity contribution in [3.8, 4) is 0 Å². The van der Waals surface area contributed by atoms with Crippen molar-refractivity contribution in [2.24, 2.45) is 0 Å². The van der Waals surface area contributed by atoms with Crippen LogP contribution in [0.15, 0.2) is 12.1 Å². The molecule has 1 aromatic carbocycles. The van der Waals surface area contributed by atoms with Crippen LogP contribution in [0, 0.1) is 0 Å². The van der Waals surface area contributed by atoms with Crippen molar-refractivity contribution in [1.29, 1.82) is 0 Å². The zero-order valence-corrected chi connectivity index (χ0v) is 11.9. The molecule has 0 saturated carbocycles. The monoisotopic (exact) mass is 303 g/mol. The zero-order chi connectivity index (χ0) is 14.2. The molecule has 19 heavy (non-hydrogen) atoms. The van der Waals surface area contributed by atoms with Crippen LogP contribution < -0.4 is 0 Å². The Labute approximate surface area is 121 Å². The van der Waals surface area contributed by atoms with E-state index in [4.69, 9.17) is 28.3 Å². The van der Waals surface area contributed by atoms with E-state index in [1.165, 1.54) is 0 Å². The van der Waals surface area contributed by atoms with E-state index < -0.39 is 12.1 Å². The summed E-state index contributed by atoms with van der Waals surface area (Å²) in [5.74, 6) is -0.858. The van der Waals surface area contributed by atoms with E-state index >= 15 is 0 Å². The van der Waals surface area contributed by atoms with E-state index in [0.717, 1.165) is 11.1 Å². The number of benzene rings is 1. The first-order valence-electron chi connectivity index (χ1n) is 5.98. The second-order valence-corrected chi connectivity index (χ2v) is 5.64. The molecular weight excluding hydrogens is 289 g/mol. The third-order valence-electron chi connectivity index (χ3n) is 3.44. The fourth-order valence-electron chi connectivity index (χ4n) is 2.57. The highest BCUT2D eigenvalue weighted by Gasteiger charge is 2.35. The van der Waals surface area contributed by atoms with Gasteiger partial charge in [0.2, 0.25) is 0 Å². The lowest BCUT2D eigenvalue weighted by Crippen LogP contribution is -2.32. The van der Waals surface area contributed by atoms with Gasteiger partial charge >= 0.3 is 5.97 Å². The van der Waals surface area contributed by atoms with Crippen LogP contribution in [-0.4, -0.2) is 40.8 Å². The van der Waals surface area contributed by atoms with Crippen LogP contribution in [0.5, 0.6) is 0 Å². The molecule has 0 radical (unpaired) electrons. The smallest absolute Gasteiger partial charge is 0.304 e. The van der Waals surface area contributed by atoms with Gasteiger partial charge in [0, 0.05) is 23.0 Å². The molecule has 2 rings (SSSR count). The van der Waals surface area contributed by atoms with Gasteiger partial charge in [-0.2, -0.15) is 0 Å². The molecule has 0 aliphatic heterocycles. The lowest BCUT2D eigenvalue weighted by molar-refractivity contribution is -0.137. The highest BCUT2D eigenvalue weighted by molar-refractivity contribution is 6.35. The van der Waals surface area contributed by atoms with Crippen molar-refractivity contribution >= 4 is 29.2 Å². The Bertz CT molecular complexity index is 507. The number of aliphatic carboxylic acids is 1. The summed E-state index contributed by atoms with van der Waals surface area (Å²) in [5.41, 5.74) is 1.78. The molecule has 1 aliphatic carbocycles. The molecule has 0 unspecified atom stereocenters. The molecule has 104 valence electrons. The Morgan fingerprint density at radius 3 is 2.79 bits per heavy atom. The number of halogens is 2. The Morgan fingerprint density at radius 1 is 1.47 bits per heavy atom. The molecule has 2 N–H and O–H groups in total. The molecule has 1 aromatic rings. The second-order valence-electron chi connectivity index (χ2n) is 4.80. The van der Waals surface area contributed by atoms with Crippen LogP contribution in [-0.2, 0) is 11.2 Å². The molecule has 6 heteroatoms. The van der Waals surface area contributed by atoms with E-state index in [9.17, 15) is 9.90 Å². The van der Waals surface area contributed by atoms with Gasteiger partial charge < -0.3 is 10.2 Å². The number of carboxylic acids is 1. The van der Waals surface area contributed by atoms with E-state index in [-0.39, 0.29) is 12.5 Å². The van der Waals surface area contributed by atoms with Crippen LogP contribution in [0.2, 0.25) is 10.0 Å². The standard InChI is InChI=1S/C13H15Cl2NO3/c1-16(3-2-12(18)19)13-9-4-7(14)5-10(15)8(9)6-11(13)17/h4-5,11,13,17H,2-3,6H2,1H3,(H,18,19)/t11-,13+/m0/s1. The molecule has 0 spiro atoms. The summed E-state index contributed by atoms with van der Waals surface area (Å²) in [6, 6.07) is 3.19.